The minimum Gasteiger partial charge on any atom is -0.346 e. The molecule has 25 heavy (non-hydrogen) atoms. The molecule has 0 bridgehead atoms. The van der Waals surface area contributed by atoms with Crippen LogP contribution in [0.3, 0.4) is 0 Å². The number of carbonyl (C=O) groups excluding carboxylic acids is 1. The molecule has 1 aliphatic heterocycles. The number of nitrogens with one attached hydrogen (secondary N) is 2. The van der Waals surface area contributed by atoms with Crippen molar-refractivity contribution in [1.82, 2.24) is 9.97 Å². The number of aromatic amines is 1. The summed E-state index contributed by atoms with van der Waals surface area (Å²) in [6, 6.07) is 8.47. The molecule has 3 aromatic rings. The van der Waals surface area contributed by atoms with Crippen LogP contribution in [0.5, 0.6) is 0 Å². The Hall–Kier alpha value is -2.67. The van der Waals surface area contributed by atoms with E-state index in [2.05, 4.69) is 15.3 Å². The van der Waals surface area contributed by atoms with E-state index in [1.807, 2.05) is 13.0 Å². The number of carbonyl (C=O) groups is 1. The summed E-state index contributed by atoms with van der Waals surface area (Å²) in [7, 11) is -3.32. The molecule has 0 saturated heterocycles. The number of fused-ring (bicyclic) bond motifs is 2. The first-order valence-corrected chi connectivity index (χ1v) is 9.71. The minimum absolute atomic E-state index is 0.126. The Morgan fingerprint density at radius 2 is 2.12 bits per heavy atom. The van der Waals surface area contributed by atoms with Gasteiger partial charge in [-0.25, -0.2) is 13.4 Å². The molecule has 1 atom stereocenters. The lowest BCUT2D eigenvalue weighted by Gasteiger charge is -2.22. The van der Waals surface area contributed by atoms with E-state index >= 15 is 0 Å². The zero-order valence-corrected chi connectivity index (χ0v) is 14.4. The molecule has 2 aromatic heterocycles. The fraction of sp³-hybridized carbons (Fsp3) is 0.222. The quantitative estimate of drug-likeness (QED) is 0.739. The molecule has 1 amide bonds. The summed E-state index contributed by atoms with van der Waals surface area (Å²) in [4.78, 5) is 20.1. The van der Waals surface area contributed by atoms with E-state index in [0.29, 0.717) is 23.3 Å². The third-order valence-electron chi connectivity index (χ3n) is 4.67. The number of hydrogen-bond donors (Lipinski definition) is 2. The lowest BCUT2D eigenvalue weighted by atomic mass is 9.96. The summed E-state index contributed by atoms with van der Waals surface area (Å²) in [6.45, 7) is 2.01. The molecule has 6 nitrogen and oxygen atoms in total. The fourth-order valence-corrected chi connectivity index (χ4v) is 5.03. The van der Waals surface area contributed by atoms with Gasteiger partial charge in [0.05, 0.1) is 16.3 Å². The number of sulfone groups is 1. The summed E-state index contributed by atoms with van der Waals surface area (Å²) >= 11 is 0. The Morgan fingerprint density at radius 1 is 1.28 bits per heavy atom. The van der Waals surface area contributed by atoms with Crippen LogP contribution >= 0.6 is 0 Å². The van der Waals surface area contributed by atoms with Crippen molar-refractivity contribution >= 4 is 32.5 Å². The maximum atomic E-state index is 12.6. The second-order valence-electron chi connectivity index (χ2n) is 6.31. The minimum atomic E-state index is -3.32. The van der Waals surface area contributed by atoms with Crippen LogP contribution in [0.2, 0.25) is 0 Å². The molecule has 128 valence electrons. The van der Waals surface area contributed by atoms with Crippen LogP contribution in [-0.4, -0.2) is 30.0 Å². The normalized spacial score (nSPS) is 18.7. The fourth-order valence-electron chi connectivity index (χ4n) is 3.21. The SMILES string of the molecule is C[C@H]1CCS(=O)(=O)c2cc(C(=O)Nc3ccnc4[nH]ccc34)ccc21. The van der Waals surface area contributed by atoms with Crippen LogP contribution in [0.1, 0.15) is 35.2 Å². The zero-order valence-electron chi connectivity index (χ0n) is 13.6. The molecule has 0 spiro atoms. The molecule has 0 fully saturated rings. The van der Waals surface area contributed by atoms with Crippen LogP contribution in [-0.2, 0) is 9.84 Å². The number of aromatic nitrogens is 2. The highest BCUT2D eigenvalue weighted by Crippen LogP contribution is 2.34. The van der Waals surface area contributed by atoms with E-state index in [-0.39, 0.29) is 22.5 Å². The number of hydrogen-bond acceptors (Lipinski definition) is 4. The third-order valence-corrected chi connectivity index (χ3v) is 6.47. The van der Waals surface area contributed by atoms with E-state index in [0.717, 1.165) is 10.9 Å². The smallest absolute Gasteiger partial charge is 0.255 e. The van der Waals surface area contributed by atoms with Gasteiger partial charge in [0.1, 0.15) is 5.65 Å². The second-order valence-corrected chi connectivity index (χ2v) is 8.39. The Morgan fingerprint density at radius 3 is 2.96 bits per heavy atom. The number of amides is 1. The van der Waals surface area contributed by atoms with Gasteiger partial charge in [-0.05, 0) is 42.2 Å². The maximum absolute atomic E-state index is 12.6. The van der Waals surface area contributed by atoms with Crippen LogP contribution in [0.25, 0.3) is 11.0 Å². The van der Waals surface area contributed by atoms with Gasteiger partial charge in [-0.15, -0.1) is 0 Å². The number of nitrogens with zero attached hydrogens (tertiary/aromatic N) is 1. The van der Waals surface area contributed by atoms with Crippen molar-refractivity contribution in [3.8, 4) is 0 Å². The lowest BCUT2D eigenvalue weighted by Crippen LogP contribution is -2.20. The Balaban J connectivity index is 1.71. The number of rotatable bonds is 2. The largest absolute Gasteiger partial charge is 0.346 e. The van der Waals surface area contributed by atoms with Crippen LogP contribution in [0.15, 0.2) is 47.6 Å². The van der Waals surface area contributed by atoms with Crippen molar-refractivity contribution in [1.29, 1.82) is 0 Å². The number of anilines is 1. The van der Waals surface area contributed by atoms with Crippen LogP contribution < -0.4 is 5.32 Å². The standard InChI is InChI=1S/C18H17N3O3S/c1-11-6-9-25(23,24)16-10-12(2-3-13(11)16)18(22)21-15-5-8-20-17-14(15)4-7-19-17/h2-5,7-8,10-11H,6,9H2,1H3,(H2,19,20,21,22)/t11-/m0/s1. The van der Waals surface area contributed by atoms with Crippen LogP contribution in [0, 0.1) is 0 Å². The lowest BCUT2D eigenvalue weighted by molar-refractivity contribution is 0.102. The zero-order chi connectivity index (χ0) is 17.6. The Labute approximate surface area is 145 Å². The average molecular weight is 355 g/mol. The van der Waals surface area contributed by atoms with Gasteiger partial charge in [0.2, 0.25) is 0 Å². The number of pyridine rings is 1. The number of benzene rings is 1. The van der Waals surface area contributed by atoms with E-state index < -0.39 is 9.84 Å². The van der Waals surface area contributed by atoms with Gasteiger partial charge in [0, 0.05) is 23.3 Å². The van der Waals surface area contributed by atoms with Gasteiger partial charge in [0.15, 0.2) is 9.84 Å². The van der Waals surface area contributed by atoms with Gasteiger partial charge in [-0.2, -0.15) is 0 Å². The molecular weight excluding hydrogens is 338 g/mol. The van der Waals surface area contributed by atoms with Gasteiger partial charge in [-0.1, -0.05) is 13.0 Å². The first-order valence-electron chi connectivity index (χ1n) is 8.06. The summed E-state index contributed by atoms with van der Waals surface area (Å²) in [5.41, 5.74) is 2.43. The van der Waals surface area contributed by atoms with Gasteiger partial charge < -0.3 is 10.3 Å². The predicted molar refractivity (Wildman–Crippen MR) is 95.6 cm³/mol. The Kier molecular flexibility index (Phi) is 3.61. The molecule has 0 unspecified atom stereocenters. The van der Waals surface area contributed by atoms with Crippen molar-refractivity contribution in [2.24, 2.45) is 0 Å². The molecule has 2 N–H and O–H groups in total. The summed E-state index contributed by atoms with van der Waals surface area (Å²) in [6.07, 6.45) is 3.97. The van der Waals surface area contributed by atoms with Crippen LogP contribution in [0.4, 0.5) is 5.69 Å². The molecule has 0 radical (unpaired) electrons. The molecule has 1 aliphatic rings. The Bertz CT molecular complexity index is 1090. The first kappa shape index (κ1) is 15.8. The summed E-state index contributed by atoms with van der Waals surface area (Å²) in [5.74, 6) is -0.0409. The number of H-pyrrole nitrogens is 1. The molecule has 7 heteroatoms. The highest BCUT2D eigenvalue weighted by molar-refractivity contribution is 7.91. The van der Waals surface area contributed by atoms with Crippen molar-refractivity contribution in [2.75, 3.05) is 11.1 Å². The van der Waals surface area contributed by atoms with E-state index in [4.69, 9.17) is 0 Å². The van der Waals surface area contributed by atoms with Gasteiger partial charge in [-0.3, -0.25) is 4.79 Å². The summed E-state index contributed by atoms with van der Waals surface area (Å²) < 4.78 is 24.7. The van der Waals surface area contributed by atoms with Crippen molar-refractivity contribution < 1.29 is 13.2 Å². The molecule has 0 saturated carbocycles. The van der Waals surface area contributed by atoms with Gasteiger partial charge in [0.25, 0.3) is 5.91 Å². The summed E-state index contributed by atoms with van der Waals surface area (Å²) in [5, 5.41) is 3.64. The molecule has 4 rings (SSSR count). The topological polar surface area (TPSA) is 91.9 Å². The third kappa shape index (κ3) is 2.70. The maximum Gasteiger partial charge on any atom is 0.255 e. The van der Waals surface area contributed by atoms with Crippen molar-refractivity contribution in [3.05, 3.63) is 53.9 Å². The molecular formula is C18H17N3O3S. The van der Waals surface area contributed by atoms with Crippen molar-refractivity contribution in [3.63, 3.8) is 0 Å². The van der Waals surface area contributed by atoms with E-state index in [1.165, 1.54) is 6.07 Å². The van der Waals surface area contributed by atoms with E-state index in [9.17, 15) is 13.2 Å². The predicted octanol–water partition coefficient (Wildman–Crippen LogP) is 3.10. The second kappa shape index (κ2) is 5.70. The van der Waals surface area contributed by atoms with Crippen molar-refractivity contribution in [2.45, 2.75) is 24.2 Å². The molecule has 3 heterocycles. The highest BCUT2D eigenvalue weighted by atomic mass is 32.2. The monoisotopic (exact) mass is 355 g/mol. The highest BCUT2D eigenvalue weighted by Gasteiger charge is 2.28. The molecule has 1 aromatic carbocycles. The van der Waals surface area contributed by atoms with E-state index in [1.54, 1.807) is 30.6 Å². The van der Waals surface area contributed by atoms with Gasteiger partial charge >= 0.3 is 0 Å². The average Bonchev–Trinajstić information content (AvgIpc) is 3.08. The molecule has 0 aliphatic carbocycles. The first-order chi connectivity index (χ1) is 12.0.